The summed E-state index contributed by atoms with van der Waals surface area (Å²) < 4.78 is 26.3. The van der Waals surface area contributed by atoms with Crippen molar-refractivity contribution in [3.05, 3.63) is 33.3 Å². The molecule has 1 aliphatic rings. The van der Waals surface area contributed by atoms with Gasteiger partial charge in [0, 0.05) is 30.2 Å². The smallest absolute Gasteiger partial charge is 0.258 e. The normalized spacial score (nSPS) is 20.8. The predicted octanol–water partition coefficient (Wildman–Crippen LogP) is 2.37. The minimum Gasteiger partial charge on any atom is -0.258 e. The molecule has 0 N–H and O–H groups in total. The van der Waals surface area contributed by atoms with Crippen LogP contribution in [0.3, 0.4) is 0 Å². The van der Waals surface area contributed by atoms with Crippen LogP contribution in [0.25, 0.3) is 0 Å². The van der Waals surface area contributed by atoms with Gasteiger partial charge in [-0.1, -0.05) is 18.5 Å². The number of nitrogens with zero attached hydrogens (tertiary/aromatic N) is 2. The van der Waals surface area contributed by atoms with Crippen molar-refractivity contribution in [3.8, 4) is 0 Å². The Morgan fingerprint density at radius 1 is 1.50 bits per heavy atom. The minimum absolute atomic E-state index is 0.0727. The van der Waals surface area contributed by atoms with E-state index in [1.165, 1.54) is 16.4 Å². The van der Waals surface area contributed by atoms with E-state index in [4.69, 9.17) is 11.6 Å². The number of benzene rings is 1. The Kier molecular flexibility index (Phi) is 4.58. The van der Waals surface area contributed by atoms with Gasteiger partial charge in [-0.15, -0.1) is 0 Å². The molecule has 9 heteroatoms. The zero-order valence-corrected chi connectivity index (χ0v) is 13.0. The molecule has 0 radical (unpaired) electrons. The average Bonchev–Trinajstić information content (AvgIpc) is 2.38. The van der Waals surface area contributed by atoms with Gasteiger partial charge in [0.25, 0.3) is 5.69 Å². The number of thioether (sulfide) groups is 1. The van der Waals surface area contributed by atoms with E-state index in [2.05, 4.69) is 0 Å². The topological polar surface area (TPSA) is 80.5 Å². The van der Waals surface area contributed by atoms with Gasteiger partial charge in [0.2, 0.25) is 10.0 Å². The summed E-state index contributed by atoms with van der Waals surface area (Å²) in [6.45, 7) is 2.77. The van der Waals surface area contributed by atoms with Crippen molar-refractivity contribution in [1.29, 1.82) is 0 Å². The van der Waals surface area contributed by atoms with Crippen molar-refractivity contribution in [1.82, 2.24) is 4.31 Å². The highest BCUT2D eigenvalue weighted by Gasteiger charge is 2.30. The van der Waals surface area contributed by atoms with E-state index >= 15 is 0 Å². The summed E-state index contributed by atoms with van der Waals surface area (Å²) in [6.07, 6.45) is 0. The molecule has 1 fully saturated rings. The molecule has 0 aromatic heterocycles. The number of nitro groups is 1. The molecule has 1 atom stereocenters. The number of hydrogen-bond acceptors (Lipinski definition) is 5. The van der Waals surface area contributed by atoms with Crippen molar-refractivity contribution in [2.75, 3.05) is 18.8 Å². The van der Waals surface area contributed by atoms with E-state index in [0.717, 1.165) is 11.8 Å². The fourth-order valence-corrected chi connectivity index (χ4v) is 4.91. The number of rotatable bonds is 3. The van der Waals surface area contributed by atoms with Crippen LogP contribution in [0.1, 0.15) is 6.92 Å². The maximum absolute atomic E-state index is 12.5. The molecule has 0 saturated carbocycles. The molecule has 2 rings (SSSR count). The maximum Gasteiger partial charge on any atom is 0.289 e. The quantitative estimate of drug-likeness (QED) is 0.625. The molecule has 0 spiro atoms. The van der Waals surface area contributed by atoms with Crippen molar-refractivity contribution < 1.29 is 13.3 Å². The summed E-state index contributed by atoms with van der Waals surface area (Å²) >= 11 is 7.40. The zero-order chi connectivity index (χ0) is 14.9. The number of sulfonamides is 1. The van der Waals surface area contributed by atoms with Crippen LogP contribution < -0.4 is 0 Å². The molecule has 1 aliphatic heterocycles. The van der Waals surface area contributed by atoms with Gasteiger partial charge < -0.3 is 0 Å². The Bertz CT molecular complexity index is 635. The molecule has 20 heavy (non-hydrogen) atoms. The molecular weight excluding hydrogens is 324 g/mol. The molecule has 1 saturated heterocycles. The van der Waals surface area contributed by atoms with Crippen molar-refractivity contribution >= 4 is 39.1 Å². The van der Waals surface area contributed by atoms with Crippen LogP contribution in [0.4, 0.5) is 5.69 Å². The standard InChI is InChI=1S/C11H13ClN2O4S2/c1-8-7-13(4-5-19-8)20(17,18)9-2-3-10(12)11(6-9)14(15)16/h2-3,6,8H,4-5,7H2,1H3. The van der Waals surface area contributed by atoms with Crippen LogP contribution in [-0.2, 0) is 10.0 Å². The lowest BCUT2D eigenvalue weighted by Gasteiger charge is -2.29. The van der Waals surface area contributed by atoms with Crippen LogP contribution in [-0.4, -0.2) is 41.7 Å². The Labute approximate surface area is 126 Å². The molecule has 1 heterocycles. The Hall–Kier alpha value is -0.830. The summed E-state index contributed by atoms with van der Waals surface area (Å²) in [5, 5.41) is 11.0. The van der Waals surface area contributed by atoms with Gasteiger partial charge in [-0.3, -0.25) is 10.1 Å². The fraction of sp³-hybridized carbons (Fsp3) is 0.455. The molecule has 110 valence electrons. The molecule has 0 aliphatic carbocycles. The summed E-state index contributed by atoms with van der Waals surface area (Å²) in [7, 11) is -3.71. The first kappa shape index (κ1) is 15.6. The third-order valence-corrected chi connectivity index (χ3v) is 6.27. The summed E-state index contributed by atoms with van der Waals surface area (Å²) in [4.78, 5) is 10.1. The lowest BCUT2D eigenvalue weighted by atomic mass is 10.3. The molecule has 1 aromatic carbocycles. The summed E-state index contributed by atoms with van der Waals surface area (Å²) in [5.74, 6) is 0.718. The molecule has 6 nitrogen and oxygen atoms in total. The largest absolute Gasteiger partial charge is 0.289 e. The van der Waals surface area contributed by atoms with E-state index in [-0.39, 0.29) is 15.2 Å². The van der Waals surface area contributed by atoms with Gasteiger partial charge in [-0.25, -0.2) is 8.42 Å². The van der Waals surface area contributed by atoms with Gasteiger partial charge in [0.1, 0.15) is 5.02 Å². The van der Waals surface area contributed by atoms with E-state index in [0.29, 0.717) is 13.1 Å². The molecule has 1 aromatic rings. The van der Waals surface area contributed by atoms with Gasteiger partial charge in [-0.2, -0.15) is 16.1 Å². The Balaban J connectivity index is 2.39. The molecule has 0 bridgehead atoms. The van der Waals surface area contributed by atoms with Gasteiger partial charge in [0.15, 0.2) is 0 Å². The number of hydrogen-bond donors (Lipinski definition) is 0. The first-order chi connectivity index (χ1) is 9.32. The van der Waals surface area contributed by atoms with Gasteiger partial charge in [-0.05, 0) is 12.1 Å². The van der Waals surface area contributed by atoms with Gasteiger partial charge in [0.05, 0.1) is 9.82 Å². The van der Waals surface area contributed by atoms with Crippen LogP contribution in [0, 0.1) is 10.1 Å². The van der Waals surface area contributed by atoms with Gasteiger partial charge >= 0.3 is 0 Å². The minimum atomic E-state index is -3.71. The summed E-state index contributed by atoms with van der Waals surface area (Å²) in [5.41, 5.74) is -0.396. The molecule has 1 unspecified atom stereocenters. The first-order valence-electron chi connectivity index (χ1n) is 5.88. The predicted molar refractivity (Wildman–Crippen MR) is 78.8 cm³/mol. The SMILES string of the molecule is CC1CN(S(=O)(=O)c2ccc(Cl)c([N+](=O)[O-])c2)CCS1. The second kappa shape index (κ2) is 5.88. The third-order valence-electron chi connectivity index (χ3n) is 2.96. The van der Waals surface area contributed by atoms with Crippen molar-refractivity contribution in [2.24, 2.45) is 0 Å². The Morgan fingerprint density at radius 3 is 2.80 bits per heavy atom. The number of halogens is 1. The molecule has 0 amide bonds. The summed E-state index contributed by atoms with van der Waals surface area (Å²) in [6, 6.07) is 3.57. The van der Waals surface area contributed by atoms with Crippen LogP contribution in [0.5, 0.6) is 0 Å². The van der Waals surface area contributed by atoms with E-state index in [9.17, 15) is 18.5 Å². The van der Waals surface area contributed by atoms with Crippen LogP contribution >= 0.6 is 23.4 Å². The fourth-order valence-electron chi connectivity index (χ4n) is 1.95. The van der Waals surface area contributed by atoms with Crippen LogP contribution in [0.15, 0.2) is 23.1 Å². The van der Waals surface area contributed by atoms with E-state index in [1.807, 2.05) is 6.92 Å². The monoisotopic (exact) mass is 336 g/mol. The number of nitro benzene ring substituents is 1. The van der Waals surface area contributed by atoms with E-state index in [1.54, 1.807) is 11.8 Å². The van der Waals surface area contributed by atoms with E-state index < -0.39 is 20.6 Å². The maximum atomic E-state index is 12.5. The Morgan fingerprint density at radius 2 is 2.20 bits per heavy atom. The van der Waals surface area contributed by atoms with Crippen molar-refractivity contribution in [3.63, 3.8) is 0 Å². The lowest BCUT2D eigenvalue weighted by molar-refractivity contribution is -0.384. The molecular formula is C11H13ClN2O4S2. The average molecular weight is 337 g/mol. The highest BCUT2D eigenvalue weighted by Crippen LogP contribution is 2.30. The zero-order valence-electron chi connectivity index (χ0n) is 10.7. The van der Waals surface area contributed by atoms with Crippen LogP contribution in [0.2, 0.25) is 5.02 Å². The van der Waals surface area contributed by atoms with Crippen molar-refractivity contribution in [2.45, 2.75) is 17.1 Å². The lowest BCUT2D eigenvalue weighted by Crippen LogP contribution is -2.40. The highest BCUT2D eigenvalue weighted by atomic mass is 35.5. The second-order valence-electron chi connectivity index (χ2n) is 4.41. The highest BCUT2D eigenvalue weighted by molar-refractivity contribution is 8.00. The second-order valence-corrected chi connectivity index (χ2v) is 8.31. The first-order valence-corrected chi connectivity index (χ1v) is 8.75. The third kappa shape index (κ3) is 3.08.